The minimum atomic E-state index is -4.61. The molecular formula is C8H7F6N3. The molecule has 0 aliphatic carbocycles. The highest BCUT2D eigenvalue weighted by Gasteiger charge is 2.32. The van der Waals surface area contributed by atoms with Crippen LogP contribution in [-0.2, 0) is 12.7 Å². The van der Waals surface area contributed by atoms with E-state index in [9.17, 15) is 26.3 Å². The van der Waals surface area contributed by atoms with E-state index in [1.807, 2.05) is 5.32 Å². The maximum Gasteiger partial charge on any atom is 0.435 e. The Bertz CT molecular complexity index is 355. The Morgan fingerprint density at radius 1 is 1.00 bits per heavy atom. The largest absolute Gasteiger partial charge is 0.435 e. The predicted octanol–water partition coefficient (Wildman–Crippen LogP) is 2.15. The maximum atomic E-state index is 12.1. The summed E-state index contributed by atoms with van der Waals surface area (Å²) in [5.41, 5.74) is -1.18. The first-order chi connectivity index (χ1) is 7.68. The highest BCUT2D eigenvalue weighted by molar-refractivity contribution is 5.09. The van der Waals surface area contributed by atoms with Gasteiger partial charge >= 0.3 is 12.4 Å². The van der Waals surface area contributed by atoms with Crippen LogP contribution in [0.2, 0.25) is 0 Å². The zero-order valence-corrected chi connectivity index (χ0v) is 8.23. The Hall–Kier alpha value is -1.38. The van der Waals surface area contributed by atoms with Gasteiger partial charge in [0.15, 0.2) is 5.69 Å². The monoisotopic (exact) mass is 259 g/mol. The molecule has 17 heavy (non-hydrogen) atoms. The summed E-state index contributed by atoms with van der Waals surface area (Å²) >= 11 is 0. The minimum absolute atomic E-state index is 0.00208. The van der Waals surface area contributed by atoms with Crippen LogP contribution in [0, 0.1) is 0 Å². The van der Waals surface area contributed by atoms with Gasteiger partial charge in [-0.3, -0.25) is 0 Å². The summed E-state index contributed by atoms with van der Waals surface area (Å²) in [4.78, 5) is 0. The van der Waals surface area contributed by atoms with Crippen LogP contribution < -0.4 is 5.32 Å². The van der Waals surface area contributed by atoms with Crippen molar-refractivity contribution in [2.75, 3.05) is 6.54 Å². The summed E-state index contributed by atoms with van der Waals surface area (Å²) in [5.74, 6) is 0. The fourth-order valence-corrected chi connectivity index (χ4v) is 0.938. The van der Waals surface area contributed by atoms with E-state index in [-0.39, 0.29) is 12.2 Å². The number of aromatic nitrogens is 2. The van der Waals surface area contributed by atoms with Crippen molar-refractivity contribution in [3.8, 4) is 0 Å². The molecule has 0 aliphatic rings. The number of alkyl halides is 6. The standard InChI is InChI=1S/C8H7F6N3/c9-7(10,11)4-15-3-5-1-2-6(17-16-5)8(12,13)14/h1-2,15H,3-4H2. The fourth-order valence-electron chi connectivity index (χ4n) is 0.938. The van der Waals surface area contributed by atoms with Crippen molar-refractivity contribution in [1.29, 1.82) is 0 Å². The zero-order chi connectivity index (χ0) is 13.1. The van der Waals surface area contributed by atoms with Crippen molar-refractivity contribution in [2.45, 2.75) is 18.9 Å². The lowest BCUT2D eigenvalue weighted by Gasteiger charge is -2.08. The maximum absolute atomic E-state index is 12.1. The van der Waals surface area contributed by atoms with Crippen molar-refractivity contribution >= 4 is 0 Å². The molecule has 1 aromatic heterocycles. The topological polar surface area (TPSA) is 37.8 Å². The SMILES string of the molecule is FC(F)(F)CNCc1ccc(C(F)(F)F)nn1. The average molecular weight is 259 g/mol. The molecule has 0 aliphatic heterocycles. The molecule has 0 aromatic carbocycles. The summed E-state index contributed by atoms with van der Waals surface area (Å²) in [6.07, 6.45) is -8.98. The second-order valence-corrected chi connectivity index (χ2v) is 3.13. The number of hydrogen-bond acceptors (Lipinski definition) is 3. The van der Waals surface area contributed by atoms with Crippen molar-refractivity contribution in [3.05, 3.63) is 23.5 Å². The van der Waals surface area contributed by atoms with Gasteiger partial charge in [0.1, 0.15) is 0 Å². The van der Waals surface area contributed by atoms with E-state index < -0.39 is 24.6 Å². The number of rotatable bonds is 3. The molecule has 1 heterocycles. The average Bonchev–Trinajstić information content (AvgIpc) is 2.15. The van der Waals surface area contributed by atoms with E-state index in [2.05, 4.69) is 10.2 Å². The summed E-state index contributed by atoms with van der Waals surface area (Å²) < 4.78 is 71.4. The molecule has 9 heteroatoms. The normalized spacial score (nSPS) is 12.8. The smallest absolute Gasteiger partial charge is 0.303 e. The Morgan fingerprint density at radius 3 is 2.06 bits per heavy atom. The molecule has 0 spiro atoms. The van der Waals surface area contributed by atoms with Gasteiger partial charge in [-0.1, -0.05) is 0 Å². The summed E-state index contributed by atoms with van der Waals surface area (Å²) in [7, 11) is 0. The molecule has 96 valence electrons. The van der Waals surface area contributed by atoms with Crippen LogP contribution in [0.4, 0.5) is 26.3 Å². The Kier molecular flexibility index (Phi) is 3.91. The lowest BCUT2D eigenvalue weighted by atomic mass is 10.3. The molecule has 1 N–H and O–H groups in total. The molecule has 0 radical (unpaired) electrons. The molecule has 0 unspecified atom stereocenters. The van der Waals surface area contributed by atoms with Crippen LogP contribution in [0.15, 0.2) is 12.1 Å². The molecule has 0 bridgehead atoms. The fraction of sp³-hybridized carbons (Fsp3) is 0.500. The highest BCUT2D eigenvalue weighted by atomic mass is 19.4. The van der Waals surface area contributed by atoms with Crippen molar-refractivity contribution in [3.63, 3.8) is 0 Å². The quantitative estimate of drug-likeness (QED) is 0.845. The Morgan fingerprint density at radius 2 is 1.65 bits per heavy atom. The van der Waals surface area contributed by atoms with E-state index in [0.29, 0.717) is 6.07 Å². The van der Waals surface area contributed by atoms with Crippen molar-refractivity contribution in [1.82, 2.24) is 15.5 Å². The number of nitrogens with zero attached hydrogens (tertiary/aromatic N) is 2. The van der Waals surface area contributed by atoms with Gasteiger partial charge in [-0.2, -0.15) is 31.4 Å². The number of halogens is 6. The molecule has 1 aromatic rings. The van der Waals surface area contributed by atoms with Crippen LogP contribution in [0.1, 0.15) is 11.4 Å². The van der Waals surface area contributed by atoms with Crippen LogP contribution in [0.25, 0.3) is 0 Å². The van der Waals surface area contributed by atoms with Crippen molar-refractivity contribution < 1.29 is 26.3 Å². The van der Waals surface area contributed by atoms with E-state index in [0.717, 1.165) is 6.07 Å². The zero-order valence-electron chi connectivity index (χ0n) is 8.23. The molecule has 0 fully saturated rings. The second kappa shape index (κ2) is 4.86. The van der Waals surface area contributed by atoms with Gasteiger partial charge < -0.3 is 5.32 Å². The Balaban J connectivity index is 2.52. The summed E-state index contributed by atoms with van der Waals surface area (Å²) in [6, 6.07) is 1.64. The van der Waals surface area contributed by atoms with Gasteiger partial charge in [-0.05, 0) is 12.1 Å². The lowest BCUT2D eigenvalue weighted by Crippen LogP contribution is -2.28. The van der Waals surface area contributed by atoms with Gasteiger partial charge in [0.05, 0.1) is 12.2 Å². The predicted molar refractivity (Wildman–Crippen MR) is 44.8 cm³/mol. The van der Waals surface area contributed by atoms with Crippen LogP contribution >= 0.6 is 0 Å². The first kappa shape index (κ1) is 13.7. The number of nitrogens with one attached hydrogen (secondary N) is 1. The molecule has 1 rings (SSSR count). The molecule has 0 atom stereocenters. The van der Waals surface area contributed by atoms with Crippen LogP contribution in [-0.4, -0.2) is 22.9 Å². The van der Waals surface area contributed by atoms with E-state index in [4.69, 9.17) is 0 Å². The molecule has 0 saturated carbocycles. The first-order valence-electron chi connectivity index (χ1n) is 4.36. The van der Waals surface area contributed by atoms with Gasteiger partial charge in [0, 0.05) is 6.54 Å². The second-order valence-electron chi connectivity index (χ2n) is 3.13. The lowest BCUT2D eigenvalue weighted by molar-refractivity contribution is -0.141. The third-order valence-corrected chi connectivity index (χ3v) is 1.64. The van der Waals surface area contributed by atoms with Gasteiger partial charge in [-0.15, -0.1) is 5.10 Å². The molecule has 3 nitrogen and oxygen atoms in total. The number of hydrogen-bond donors (Lipinski definition) is 1. The van der Waals surface area contributed by atoms with Crippen LogP contribution in [0.5, 0.6) is 0 Å². The van der Waals surface area contributed by atoms with Gasteiger partial charge in [-0.25, -0.2) is 0 Å². The van der Waals surface area contributed by atoms with Gasteiger partial charge in [0.2, 0.25) is 0 Å². The summed E-state index contributed by atoms with van der Waals surface area (Å²) in [5, 5.41) is 8.02. The van der Waals surface area contributed by atoms with Gasteiger partial charge in [0.25, 0.3) is 0 Å². The van der Waals surface area contributed by atoms with E-state index in [1.54, 1.807) is 0 Å². The van der Waals surface area contributed by atoms with Crippen LogP contribution in [0.3, 0.4) is 0 Å². The molecular weight excluding hydrogens is 252 g/mol. The minimum Gasteiger partial charge on any atom is -0.303 e. The Labute approximate surface area is 91.8 Å². The molecule has 0 saturated heterocycles. The molecule has 0 amide bonds. The summed E-state index contributed by atoms with van der Waals surface area (Å²) in [6.45, 7) is -1.54. The van der Waals surface area contributed by atoms with E-state index in [1.165, 1.54) is 0 Å². The highest BCUT2D eigenvalue weighted by Crippen LogP contribution is 2.26. The van der Waals surface area contributed by atoms with E-state index >= 15 is 0 Å². The first-order valence-corrected chi connectivity index (χ1v) is 4.36. The van der Waals surface area contributed by atoms with Crippen molar-refractivity contribution in [2.24, 2.45) is 0 Å². The third-order valence-electron chi connectivity index (χ3n) is 1.64. The third kappa shape index (κ3) is 4.98.